The van der Waals surface area contributed by atoms with Gasteiger partial charge in [-0.25, -0.2) is 9.97 Å². The molecule has 3 atom stereocenters. The minimum Gasteiger partial charge on any atom is -0.481 e. The van der Waals surface area contributed by atoms with Gasteiger partial charge in [0.2, 0.25) is 5.91 Å². The molecule has 2 fully saturated rings. The highest BCUT2D eigenvalue weighted by Crippen LogP contribution is 2.44. The number of carbonyl (C=O) groups is 3. The minimum absolute atomic E-state index is 0.0143. The van der Waals surface area contributed by atoms with E-state index in [2.05, 4.69) is 57.2 Å². The summed E-state index contributed by atoms with van der Waals surface area (Å²) in [6, 6.07) is 29.5. The second-order valence-corrected chi connectivity index (χ2v) is 16.5. The maximum Gasteiger partial charge on any atom is 0.316 e. The van der Waals surface area contributed by atoms with Crippen LogP contribution in [0.2, 0.25) is 0 Å². The van der Waals surface area contributed by atoms with Crippen LogP contribution in [-0.4, -0.2) is 78.2 Å². The molecule has 284 valence electrons. The topological polar surface area (TPSA) is 151 Å². The molecule has 3 aromatic heterocycles. The van der Waals surface area contributed by atoms with Crippen LogP contribution >= 0.6 is 34.4 Å². The molecular formula is C41H37N7O5S3. The van der Waals surface area contributed by atoms with E-state index in [1.807, 2.05) is 72.0 Å². The van der Waals surface area contributed by atoms with E-state index in [4.69, 9.17) is 9.82 Å². The number of anilines is 1. The van der Waals surface area contributed by atoms with Crippen molar-refractivity contribution in [3.63, 3.8) is 0 Å². The van der Waals surface area contributed by atoms with Gasteiger partial charge >= 0.3 is 5.97 Å². The van der Waals surface area contributed by atoms with Crippen molar-refractivity contribution in [2.75, 3.05) is 24.2 Å². The van der Waals surface area contributed by atoms with Gasteiger partial charge in [0.25, 0.3) is 5.91 Å². The van der Waals surface area contributed by atoms with Crippen molar-refractivity contribution in [1.82, 2.24) is 24.6 Å². The predicted molar refractivity (Wildman–Crippen MR) is 220 cm³/mol. The Morgan fingerprint density at radius 2 is 1.68 bits per heavy atom. The van der Waals surface area contributed by atoms with Crippen LogP contribution in [0.25, 0.3) is 10.9 Å². The number of hydrogen-bond donors (Lipinski definition) is 3. The van der Waals surface area contributed by atoms with Crippen LogP contribution in [0, 0.1) is 12.3 Å². The summed E-state index contributed by atoms with van der Waals surface area (Å²) in [6.45, 7) is 3.91. The molecular weight excluding hydrogens is 767 g/mol. The molecule has 12 nitrogen and oxygen atoms in total. The first-order valence-corrected chi connectivity index (χ1v) is 20.7. The molecule has 3 aromatic carbocycles. The summed E-state index contributed by atoms with van der Waals surface area (Å²) in [6.07, 6.45) is 7.00. The van der Waals surface area contributed by atoms with Gasteiger partial charge in [-0.05, 0) is 36.6 Å². The first-order chi connectivity index (χ1) is 27.2. The quantitative estimate of drug-likeness (QED) is 0.0516. The van der Waals surface area contributed by atoms with Gasteiger partial charge in [-0.15, -0.1) is 34.4 Å². The smallest absolute Gasteiger partial charge is 0.316 e. The molecule has 0 saturated carbocycles. The van der Waals surface area contributed by atoms with Crippen LogP contribution in [0.3, 0.4) is 0 Å². The highest BCUT2D eigenvalue weighted by molar-refractivity contribution is 8.00. The zero-order valence-electron chi connectivity index (χ0n) is 30.4. The lowest BCUT2D eigenvalue weighted by Crippen LogP contribution is -2.73. The van der Waals surface area contributed by atoms with Crippen LogP contribution in [-0.2, 0) is 24.8 Å². The van der Waals surface area contributed by atoms with E-state index >= 15 is 0 Å². The van der Waals surface area contributed by atoms with Crippen molar-refractivity contribution in [2.45, 2.75) is 30.8 Å². The minimum atomic E-state index is -1.30. The number of carbonyl (C=O) groups excluding carboxylic acids is 2. The van der Waals surface area contributed by atoms with Gasteiger partial charge in [0.1, 0.15) is 45.8 Å². The highest BCUT2D eigenvalue weighted by atomic mass is 32.2. The van der Waals surface area contributed by atoms with Gasteiger partial charge < -0.3 is 25.5 Å². The molecule has 0 aliphatic carbocycles. The molecule has 0 radical (unpaired) electrons. The number of nitrogens with zero attached hydrogens (tertiary/aromatic N) is 5. The number of carboxylic acid groups (broad SMARTS) is 1. The molecule has 0 bridgehead atoms. The number of β-lactam (4-membered cyclic amide) rings is 1. The Bertz CT molecular complexity index is 2350. The average Bonchev–Trinajstić information content (AvgIpc) is 3.97. The van der Waals surface area contributed by atoms with Crippen LogP contribution in [0.15, 0.2) is 120 Å². The van der Waals surface area contributed by atoms with Crippen LogP contribution in [0.4, 0.5) is 5.13 Å². The molecule has 8 rings (SSSR count). The average molecular weight is 804 g/mol. The summed E-state index contributed by atoms with van der Waals surface area (Å²) >= 11 is 4.17. The number of imidazole rings is 1. The number of hydrogen-bond acceptors (Lipinski definition) is 11. The maximum atomic E-state index is 13.9. The second kappa shape index (κ2) is 15.4. The Hall–Kier alpha value is -5.77. The Morgan fingerprint density at radius 3 is 2.27 bits per heavy atom. The lowest BCUT2D eigenvalue weighted by atomic mass is 9.77. The Kier molecular flexibility index (Phi) is 10.2. The third-order valence-electron chi connectivity index (χ3n) is 10.1. The standard InChI is InChI=1S/C41H37N7O5S3/c1-3-53-46-33(30-22-54-39(43-30)45-41(27-13-7-4-8-14-27,28-15-9-5-10-16-28)29-17-11-6-12-18-29)35(49)44-34-36(50)47-23-40(38(51)52,24-55-37(34)47)20-19-31-26(2)48-25-42-21-32(48)56-31/h4-22,25,34,37H,3,23-24H2,1-2H3,(H,43,45)(H,44,49)(H,51,52)/t34-,37-,40?/m1/s1. The fraction of sp³-hybridized carbons (Fsp3) is 0.220. The van der Waals surface area contributed by atoms with E-state index in [1.54, 1.807) is 30.9 Å². The van der Waals surface area contributed by atoms with Gasteiger partial charge in [0, 0.05) is 28.2 Å². The number of oxime groups is 1. The lowest BCUT2D eigenvalue weighted by molar-refractivity contribution is -0.155. The van der Waals surface area contributed by atoms with Gasteiger partial charge in [0.15, 0.2) is 10.8 Å². The molecule has 2 aliphatic heterocycles. The van der Waals surface area contributed by atoms with Crippen molar-refractivity contribution < 1.29 is 24.3 Å². The van der Waals surface area contributed by atoms with Gasteiger partial charge in [-0.3, -0.25) is 18.8 Å². The zero-order chi connectivity index (χ0) is 38.9. The molecule has 2 amide bonds. The maximum absolute atomic E-state index is 13.9. The normalized spacial score (nSPS) is 19.8. The summed E-state index contributed by atoms with van der Waals surface area (Å²) < 4.78 is 1.95. The van der Waals surface area contributed by atoms with Crippen molar-refractivity contribution in [3.8, 4) is 0 Å². The molecule has 2 saturated heterocycles. The highest BCUT2D eigenvalue weighted by Gasteiger charge is 2.57. The number of aromatic nitrogens is 3. The second-order valence-electron chi connectivity index (χ2n) is 13.4. The van der Waals surface area contributed by atoms with E-state index < -0.39 is 34.2 Å². The molecule has 0 spiro atoms. The van der Waals surface area contributed by atoms with E-state index in [0.717, 1.165) is 32.1 Å². The number of rotatable bonds is 13. The molecule has 15 heteroatoms. The van der Waals surface area contributed by atoms with E-state index in [1.165, 1.54) is 39.3 Å². The van der Waals surface area contributed by atoms with Gasteiger partial charge in [-0.2, -0.15) is 0 Å². The number of amides is 2. The summed E-state index contributed by atoms with van der Waals surface area (Å²) in [7, 11) is 0. The molecule has 56 heavy (non-hydrogen) atoms. The number of benzene rings is 3. The SMILES string of the molecule is CCON=C(C(=O)N[C@@H]1C(=O)N2CC(C=Cc3sc4cncn4c3C)(C(=O)O)CS[C@H]12)c1csc(NC(c2ccccc2)(c2ccccc2)c2ccccc2)n1. The Balaban J connectivity index is 1.02. The largest absolute Gasteiger partial charge is 0.481 e. The molecule has 2 aliphatic rings. The predicted octanol–water partition coefficient (Wildman–Crippen LogP) is 6.49. The summed E-state index contributed by atoms with van der Waals surface area (Å²) in [5.41, 5.74) is 2.00. The van der Waals surface area contributed by atoms with E-state index in [-0.39, 0.29) is 36.2 Å². The third kappa shape index (κ3) is 6.65. The first kappa shape index (κ1) is 37.2. The molecule has 5 heterocycles. The van der Waals surface area contributed by atoms with Crippen LogP contribution in [0.1, 0.15) is 39.9 Å². The summed E-state index contributed by atoms with van der Waals surface area (Å²) in [4.78, 5) is 58.0. The molecule has 3 N–H and O–H groups in total. The zero-order valence-corrected chi connectivity index (χ0v) is 32.8. The molecule has 1 unspecified atom stereocenters. The number of aryl methyl sites for hydroxylation is 1. The third-order valence-corrected chi connectivity index (χ3v) is 13.5. The van der Waals surface area contributed by atoms with E-state index in [9.17, 15) is 19.5 Å². The molecule has 6 aromatic rings. The number of fused-ring (bicyclic) bond motifs is 2. The van der Waals surface area contributed by atoms with Gasteiger partial charge in [0.05, 0.1) is 6.20 Å². The van der Waals surface area contributed by atoms with Gasteiger partial charge in [-0.1, -0.05) is 102 Å². The van der Waals surface area contributed by atoms with Crippen molar-refractivity contribution in [2.24, 2.45) is 10.6 Å². The number of nitrogens with one attached hydrogen (secondary N) is 2. The number of aliphatic carboxylic acids is 1. The fourth-order valence-electron chi connectivity index (χ4n) is 7.13. The monoisotopic (exact) mass is 803 g/mol. The number of carboxylic acids is 1. The summed E-state index contributed by atoms with van der Waals surface area (Å²) in [5.74, 6) is -1.78. The van der Waals surface area contributed by atoms with E-state index in [0.29, 0.717) is 5.13 Å². The van der Waals surface area contributed by atoms with Crippen molar-refractivity contribution in [1.29, 1.82) is 0 Å². The lowest BCUT2D eigenvalue weighted by Gasteiger charge is -2.53. The number of thioether (sulfide) groups is 1. The Morgan fingerprint density at radius 1 is 1.04 bits per heavy atom. The summed E-state index contributed by atoms with van der Waals surface area (Å²) in [5, 5.41) is 22.9. The fourth-order valence-corrected chi connectivity index (χ4v) is 10.4. The van der Waals surface area contributed by atoms with Crippen LogP contribution in [0.5, 0.6) is 0 Å². The van der Waals surface area contributed by atoms with Crippen molar-refractivity contribution >= 4 is 74.0 Å². The first-order valence-electron chi connectivity index (χ1n) is 17.9. The Labute approximate surface area is 334 Å². The number of thiazole rings is 2. The van der Waals surface area contributed by atoms with Crippen LogP contribution < -0.4 is 10.6 Å². The van der Waals surface area contributed by atoms with Crippen molar-refractivity contribution in [3.05, 3.63) is 148 Å².